The van der Waals surface area contributed by atoms with E-state index in [1.165, 1.54) is 66.8 Å². The number of rotatable bonds is 9. The van der Waals surface area contributed by atoms with Crippen molar-refractivity contribution < 1.29 is 0 Å². The lowest BCUT2D eigenvalue weighted by atomic mass is 9.64. The van der Waals surface area contributed by atoms with E-state index in [0.717, 1.165) is 105 Å². The topological polar surface area (TPSA) is 61.4 Å². The van der Waals surface area contributed by atoms with Gasteiger partial charge in [-0.1, -0.05) is 291 Å². The molecule has 0 spiro atoms. The van der Waals surface area contributed by atoms with E-state index in [-0.39, 0.29) is 5.92 Å². The second-order valence-electron chi connectivity index (χ2n) is 25.5. The van der Waals surface area contributed by atoms with Gasteiger partial charge in [0.1, 0.15) is 0 Å². The van der Waals surface area contributed by atoms with Crippen LogP contribution in [-0.2, 0) is 5.41 Å². The van der Waals surface area contributed by atoms with Crippen molar-refractivity contribution in [2.24, 2.45) is 0 Å². The van der Waals surface area contributed by atoms with Crippen molar-refractivity contribution in [3.05, 3.63) is 373 Å². The van der Waals surface area contributed by atoms with Gasteiger partial charge >= 0.3 is 0 Å². The summed E-state index contributed by atoms with van der Waals surface area (Å²) in [6.07, 6.45) is 0. The van der Waals surface area contributed by atoms with Gasteiger partial charge in [0.05, 0.1) is 49.9 Å². The monoisotopic (exact) mass is 1220 g/mol. The van der Waals surface area contributed by atoms with E-state index < -0.39 is 5.41 Å². The number of para-hydroxylation sites is 4. The summed E-state index contributed by atoms with van der Waals surface area (Å²) in [6.45, 7) is 0. The second-order valence-corrected chi connectivity index (χ2v) is 25.5. The fourth-order valence-corrected chi connectivity index (χ4v) is 16.4. The number of fused-ring (bicyclic) bond motifs is 14. The van der Waals surface area contributed by atoms with E-state index in [4.69, 9.17) is 19.9 Å². The van der Waals surface area contributed by atoms with Gasteiger partial charge in [-0.3, -0.25) is 9.13 Å². The molecule has 14 aromatic carbocycles. The van der Waals surface area contributed by atoms with E-state index in [2.05, 4.69) is 343 Å². The van der Waals surface area contributed by atoms with Crippen molar-refractivity contribution in [3.8, 4) is 78.9 Å². The standard InChI is InChI=1S/C90H56N6/c1-3-23-56(24-4-1)58-43-47-60(48-44-58)86-72-35-13-19-39-79(72)91-88(93-86)95-81-41-21-15-31-67(81)69-52-51-62(53-83(69)95)90(76-37-17-11-29-65(76)66-30-12-18-38-77(66)90)78-54-74-68-32-16-22-42-82(68)96(84(74)55-75(78)85-70-33-9-7-27-63(70)64-28-8-10-34-71(64)85)89-92-80-40-20-14-36-73(80)87(94-89)61-49-45-59(46-50-61)57-25-5-2-6-26-57/h1-55,85H. The quantitative estimate of drug-likeness (QED) is 0.144. The number of aromatic nitrogens is 6. The molecule has 0 atom stereocenters. The van der Waals surface area contributed by atoms with Crippen LogP contribution in [0, 0.1) is 0 Å². The molecule has 18 aromatic rings. The summed E-state index contributed by atoms with van der Waals surface area (Å²) in [5.74, 6) is 1.05. The van der Waals surface area contributed by atoms with Crippen LogP contribution in [0.4, 0.5) is 0 Å². The van der Waals surface area contributed by atoms with Crippen LogP contribution in [0.3, 0.4) is 0 Å². The maximum Gasteiger partial charge on any atom is 0.235 e. The fraction of sp³-hybridized carbons (Fsp3) is 0.0222. The van der Waals surface area contributed by atoms with Gasteiger partial charge in [0.2, 0.25) is 11.9 Å². The van der Waals surface area contributed by atoms with Crippen LogP contribution in [0.15, 0.2) is 334 Å². The molecule has 96 heavy (non-hydrogen) atoms. The van der Waals surface area contributed by atoms with Crippen molar-refractivity contribution in [2.75, 3.05) is 0 Å². The average molecular weight is 1220 g/mol. The van der Waals surface area contributed by atoms with Crippen LogP contribution in [0.1, 0.15) is 44.9 Å². The highest BCUT2D eigenvalue weighted by Gasteiger charge is 2.49. The number of hydrogen-bond acceptors (Lipinski definition) is 4. The molecule has 4 heterocycles. The first-order valence-corrected chi connectivity index (χ1v) is 33.0. The highest BCUT2D eigenvalue weighted by atomic mass is 15.2. The molecule has 0 saturated carbocycles. The molecule has 0 unspecified atom stereocenters. The first-order valence-electron chi connectivity index (χ1n) is 33.0. The van der Waals surface area contributed by atoms with Crippen LogP contribution in [-0.4, -0.2) is 29.1 Å². The van der Waals surface area contributed by atoms with Gasteiger partial charge in [-0.15, -0.1) is 0 Å². The minimum atomic E-state index is -0.893. The summed E-state index contributed by atoms with van der Waals surface area (Å²) in [6, 6.07) is 122. The summed E-state index contributed by atoms with van der Waals surface area (Å²) in [7, 11) is 0. The maximum atomic E-state index is 5.71. The summed E-state index contributed by atoms with van der Waals surface area (Å²) in [5.41, 5.74) is 26.9. The Morgan fingerprint density at radius 1 is 0.240 bits per heavy atom. The second kappa shape index (κ2) is 21.2. The molecular formula is C90H56N6. The highest BCUT2D eigenvalue weighted by molar-refractivity contribution is 6.12. The Kier molecular flexibility index (Phi) is 11.9. The van der Waals surface area contributed by atoms with E-state index in [9.17, 15) is 0 Å². The number of hydrogen-bond donors (Lipinski definition) is 0. The first kappa shape index (κ1) is 54.0. The summed E-state index contributed by atoms with van der Waals surface area (Å²) in [5, 5.41) is 6.46. The molecular weight excluding hydrogens is 1170 g/mol. The van der Waals surface area contributed by atoms with Gasteiger partial charge in [-0.05, 0) is 126 Å². The molecule has 4 aromatic heterocycles. The zero-order valence-corrected chi connectivity index (χ0v) is 52.0. The Bertz CT molecular complexity index is 6110. The van der Waals surface area contributed by atoms with Crippen molar-refractivity contribution in [1.82, 2.24) is 29.1 Å². The maximum absolute atomic E-state index is 5.71. The SMILES string of the molecule is c1ccc(-c2ccc(-c3nc(-n4c5ccccc5c5ccc(C6(c7cc8c9ccccc9n(-c9nc(-c%10ccc(-c%11ccccc%11)cc%10)c%10ccccc%10n9)c8cc7C7c8ccccc8-c8ccccc87)c7ccccc7-c7ccccc76)cc54)nc4ccccc34)cc2)cc1. The molecule has 2 aliphatic rings. The Labute approximate surface area is 554 Å². The normalized spacial score (nSPS) is 13.0. The van der Waals surface area contributed by atoms with Crippen LogP contribution in [0.25, 0.3) is 144 Å². The van der Waals surface area contributed by atoms with Gasteiger partial charge in [-0.25, -0.2) is 19.9 Å². The average Bonchev–Trinajstić information content (AvgIpc) is 1.49. The largest absolute Gasteiger partial charge is 0.278 e. The van der Waals surface area contributed by atoms with E-state index in [0.29, 0.717) is 11.9 Å². The predicted octanol–water partition coefficient (Wildman–Crippen LogP) is 22.0. The molecule has 446 valence electrons. The lowest BCUT2D eigenvalue weighted by Crippen LogP contribution is -2.31. The highest BCUT2D eigenvalue weighted by Crippen LogP contribution is 2.61. The van der Waals surface area contributed by atoms with Crippen LogP contribution < -0.4 is 0 Å². The van der Waals surface area contributed by atoms with Gasteiger partial charge in [0.15, 0.2) is 0 Å². The minimum absolute atomic E-state index is 0.169. The van der Waals surface area contributed by atoms with Crippen molar-refractivity contribution in [3.63, 3.8) is 0 Å². The van der Waals surface area contributed by atoms with Crippen molar-refractivity contribution in [1.29, 1.82) is 0 Å². The molecule has 0 aliphatic heterocycles. The van der Waals surface area contributed by atoms with Crippen molar-refractivity contribution >= 4 is 65.4 Å². The number of nitrogens with zero attached hydrogens (tertiary/aromatic N) is 6. The molecule has 2 aliphatic carbocycles. The third-order valence-electron chi connectivity index (χ3n) is 20.6. The molecule has 0 bridgehead atoms. The van der Waals surface area contributed by atoms with Crippen LogP contribution >= 0.6 is 0 Å². The lowest BCUT2D eigenvalue weighted by Gasteiger charge is -2.37. The first-order chi connectivity index (χ1) is 47.6. The Morgan fingerprint density at radius 3 is 1.15 bits per heavy atom. The minimum Gasteiger partial charge on any atom is -0.278 e. The molecule has 0 N–H and O–H groups in total. The Balaban J connectivity index is 0.879. The molecule has 0 radical (unpaired) electrons. The van der Waals surface area contributed by atoms with Gasteiger partial charge in [-0.2, -0.15) is 0 Å². The van der Waals surface area contributed by atoms with Gasteiger partial charge in [0, 0.05) is 49.4 Å². The smallest absolute Gasteiger partial charge is 0.235 e. The molecule has 20 rings (SSSR count). The van der Waals surface area contributed by atoms with Gasteiger partial charge in [0.25, 0.3) is 0 Å². The summed E-state index contributed by atoms with van der Waals surface area (Å²) < 4.78 is 4.65. The molecule has 6 nitrogen and oxygen atoms in total. The van der Waals surface area contributed by atoms with Gasteiger partial charge < -0.3 is 0 Å². The molecule has 6 heteroatoms. The van der Waals surface area contributed by atoms with Crippen LogP contribution in [0.2, 0.25) is 0 Å². The Morgan fingerprint density at radius 2 is 0.625 bits per heavy atom. The summed E-state index contributed by atoms with van der Waals surface area (Å²) >= 11 is 0. The van der Waals surface area contributed by atoms with E-state index >= 15 is 0 Å². The zero-order chi connectivity index (χ0) is 63.0. The summed E-state index contributed by atoms with van der Waals surface area (Å²) in [4.78, 5) is 22.5. The van der Waals surface area contributed by atoms with E-state index in [1.807, 2.05) is 0 Å². The zero-order valence-electron chi connectivity index (χ0n) is 52.0. The number of benzene rings is 14. The third-order valence-corrected chi connectivity index (χ3v) is 20.6. The van der Waals surface area contributed by atoms with E-state index in [1.54, 1.807) is 0 Å². The van der Waals surface area contributed by atoms with Crippen LogP contribution in [0.5, 0.6) is 0 Å². The Hall–Kier alpha value is -12.6. The molecule has 0 saturated heterocycles. The molecule has 0 fully saturated rings. The predicted molar refractivity (Wildman–Crippen MR) is 393 cm³/mol. The lowest BCUT2D eigenvalue weighted by molar-refractivity contribution is 0.750. The third kappa shape index (κ3) is 7.99. The van der Waals surface area contributed by atoms with Crippen molar-refractivity contribution in [2.45, 2.75) is 11.3 Å². The molecule has 0 amide bonds. The fourth-order valence-electron chi connectivity index (χ4n) is 16.4.